The first-order valence-corrected chi connectivity index (χ1v) is 9.91. The average molecular weight is 403 g/mol. The molecule has 1 N–H and O–H groups in total. The van der Waals surface area contributed by atoms with Crippen molar-refractivity contribution in [2.75, 3.05) is 11.9 Å². The molecular weight excluding hydrogens is 384 g/mol. The molecule has 9 heteroatoms. The van der Waals surface area contributed by atoms with Crippen LogP contribution in [-0.4, -0.2) is 33.1 Å². The van der Waals surface area contributed by atoms with E-state index in [4.69, 9.17) is 4.74 Å². The van der Waals surface area contributed by atoms with E-state index < -0.39 is 18.5 Å². The quantitative estimate of drug-likeness (QED) is 0.629. The van der Waals surface area contributed by atoms with Gasteiger partial charge in [-0.05, 0) is 29.9 Å². The smallest absolute Gasteiger partial charge is 0.352 e. The van der Waals surface area contributed by atoms with Gasteiger partial charge in [0.05, 0.1) is 11.4 Å². The predicted octanol–water partition coefficient (Wildman–Crippen LogP) is 3.89. The molecule has 0 fully saturated rings. The van der Waals surface area contributed by atoms with Crippen molar-refractivity contribution >= 4 is 39.9 Å². The maximum absolute atomic E-state index is 12.0. The number of esters is 1. The van der Waals surface area contributed by atoms with E-state index in [0.717, 1.165) is 22.8 Å². The summed E-state index contributed by atoms with van der Waals surface area (Å²) in [4.78, 5) is 28.6. The Balaban J connectivity index is 1.56. The first kappa shape index (κ1) is 19.1. The molecule has 2 aromatic heterocycles. The number of anilines is 1. The van der Waals surface area contributed by atoms with E-state index in [-0.39, 0.29) is 0 Å². The molecule has 3 rings (SSSR count). The molecule has 7 nitrogen and oxygen atoms in total. The summed E-state index contributed by atoms with van der Waals surface area (Å²) >= 11 is 2.26. The molecule has 1 aromatic carbocycles. The molecule has 0 radical (unpaired) electrons. The van der Waals surface area contributed by atoms with Crippen molar-refractivity contribution < 1.29 is 14.3 Å². The number of aromatic nitrogens is 3. The molecule has 2 heterocycles. The number of amides is 1. The van der Waals surface area contributed by atoms with E-state index in [1.807, 2.05) is 17.5 Å². The summed E-state index contributed by atoms with van der Waals surface area (Å²) in [7, 11) is 0. The van der Waals surface area contributed by atoms with Crippen LogP contribution in [0.3, 0.4) is 0 Å². The van der Waals surface area contributed by atoms with E-state index in [0.29, 0.717) is 21.6 Å². The van der Waals surface area contributed by atoms with Crippen molar-refractivity contribution in [3.8, 4) is 11.3 Å². The fraction of sp³-hybridized carbons (Fsp3) is 0.278. The maximum atomic E-state index is 12.0. The van der Waals surface area contributed by atoms with Crippen LogP contribution in [0.4, 0.5) is 5.13 Å². The molecule has 0 saturated heterocycles. The summed E-state index contributed by atoms with van der Waals surface area (Å²) in [6.07, 6.45) is 0. The fourth-order valence-electron chi connectivity index (χ4n) is 2.27. The molecule has 27 heavy (non-hydrogen) atoms. The van der Waals surface area contributed by atoms with Gasteiger partial charge in [-0.2, -0.15) is 0 Å². The van der Waals surface area contributed by atoms with Crippen LogP contribution in [0.5, 0.6) is 0 Å². The minimum Gasteiger partial charge on any atom is -0.451 e. The number of benzene rings is 1. The lowest BCUT2D eigenvalue weighted by Gasteiger charge is -2.05. The largest absolute Gasteiger partial charge is 0.451 e. The molecule has 0 saturated carbocycles. The molecule has 0 aliphatic carbocycles. The van der Waals surface area contributed by atoms with Crippen molar-refractivity contribution in [3.63, 3.8) is 0 Å². The van der Waals surface area contributed by atoms with E-state index in [1.165, 1.54) is 16.9 Å². The number of ether oxygens (including phenoxy) is 1. The van der Waals surface area contributed by atoms with Gasteiger partial charge in [-0.1, -0.05) is 42.6 Å². The van der Waals surface area contributed by atoms with Gasteiger partial charge in [0, 0.05) is 10.9 Å². The van der Waals surface area contributed by atoms with Crippen LogP contribution < -0.4 is 5.32 Å². The zero-order valence-electron chi connectivity index (χ0n) is 15.1. The molecular formula is C18H18N4O3S2. The number of hydrogen-bond donors (Lipinski definition) is 1. The second kappa shape index (κ2) is 8.36. The van der Waals surface area contributed by atoms with Gasteiger partial charge in [-0.3, -0.25) is 10.1 Å². The first-order valence-electron chi connectivity index (χ1n) is 8.26. The highest BCUT2D eigenvalue weighted by molar-refractivity contribution is 7.14. The molecule has 1 amide bonds. The van der Waals surface area contributed by atoms with Gasteiger partial charge in [-0.25, -0.2) is 9.78 Å². The Morgan fingerprint density at radius 3 is 2.59 bits per heavy atom. The third kappa shape index (κ3) is 4.75. The van der Waals surface area contributed by atoms with Crippen LogP contribution in [-0.2, 0) is 9.53 Å². The Morgan fingerprint density at radius 2 is 1.96 bits per heavy atom. The second-order valence-corrected chi connectivity index (χ2v) is 7.74. The highest BCUT2D eigenvalue weighted by Gasteiger charge is 2.17. The fourth-order valence-corrected chi connectivity index (χ4v) is 3.56. The van der Waals surface area contributed by atoms with Crippen molar-refractivity contribution in [1.29, 1.82) is 0 Å². The molecule has 0 aliphatic rings. The zero-order valence-corrected chi connectivity index (χ0v) is 16.7. The number of rotatable bonds is 6. The van der Waals surface area contributed by atoms with Gasteiger partial charge in [0.25, 0.3) is 5.91 Å². The third-order valence-electron chi connectivity index (χ3n) is 3.79. The van der Waals surface area contributed by atoms with Crippen molar-refractivity contribution in [2.24, 2.45) is 0 Å². The van der Waals surface area contributed by atoms with Gasteiger partial charge in [-0.15, -0.1) is 16.4 Å². The Labute approximate surface area is 164 Å². The van der Waals surface area contributed by atoms with Crippen molar-refractivity contribution in [2.45, 2.75) is 26.7 Å². The third-order valence-corrected chi connectivity index (χ3v) is 5.36. The molecule has 3 aromatic rings. The molecule has 0 bridgehead atoms. The number of carbonyl (C=O) groups excluding carboxylic acids is 2. The summed E-state index contributed by atoms with van der Waals surface area (Å²) in [5.41, 5.74) is 3.51. The van der Waals surface area contributed by atoms with Gasteiger partial charge in [0.15, 0.2) is 16.6 Å². The Hall–Kier alpha value is -2.65. The van der Waals surface area contributed by atoms with Crippen LogP contribution in [0.2, 0.25) is 0 Å². The summed E-state index contributed by atoms with van der Waals surface area (Å²) in [6, 6.07) is 8.19. The van der Waals surface area contributed by atoms with Crippen LogP contribution in [0.15, 0.2) is 29.6 Å². The highest BCUT2D eigenvalue weighted by atomic mass is 32.1. The van der Waals surface area contributed by atoms with Crippen LogP contribution in [0.25, 0.3) is 11.3 Å². The van der Waals surface area contributed by atoms with Gasteiger partial charge >= 0.3 is 5.97 Å². The van der Waals surface area contributed by atoms with E-state index in [2.05, 4.69) is 45.9 Å². The van der Waals surface area contributed by atoms with Crippen molar-refractivity contribution in [3.05, 3.63) is 45.8 Å². The topological polar surface area (TPSA) is 94.1 Å². The first-order chi connectivity index (χ1) is 12.9. The lowest BCUT2D eigenvalue weighted by Crippen LogP contribution is -2.20. The predicted molar refractivity (Wildman–Crippen MR) is 105 cm³/mol. The van der Waals surface area contributed by atoms with Crippen LogP contribution in [0.1, 0.15) is 40.7 Å². The number of nitrogens with one attached hydrogen (secondary N) is 1. The molecule has 0 unspecified atom stereocenters. The number of hydrogen-bond acceptors (Lipinski definition) is 8. The molecule has 140 valence electrons. The summed E-state index contributed by atoms with van der Waals surface area (Å²) in [5.74, 6) is -0.589. The Kier molecular flexibility index (Phi) is 5.92. The van der Waals surface area contributed by atoms with E-state index in [1.54, 1.807) is 6.92 Å². The SMILES string of the molecule is Cc1nnsc1C(=O)OCC(=O)Nc1nc(-c2ccc(C(C)C)cc2)cs1. The maximum Gasteiger partial charge on any atom is 0.352 e. The van der Waals surface area contributed by atoms with Gasteiger partial charge in [0.1, 0.15) is 0 Å². The van der Waals surface area contributed by atoms with Crippen LogP contribution in [0, 0.1) is 6.92 Å². The Bertz CT molecular complexity index is 948. The monoisotopic (exact) mass is 402 g/mol. The molecule has 0 spiro atoms. The number of carbonyl (C=O) groups is 2. The zero-order chi connectivity index (χ0) is 19.4. The summed E-state index contributed by atoms with van der Waals surface area (Å²) < 4.78 is 8.65. The minimum absolute atomic E-state index is 0.296. The minimum atomic E-state index is -0.609. The lowest BCUT2D eigenvalue weighted by atomic mass is 10.0. The highest BCUT2D eigenvalue weighted by Crippen LogP contribution is 2.26. The summed E-state index contributed by atoms with van der Waals surface area (Å²) in [6.45, 7) is 5.55. The average Bonchev–Trinajstić information content (AvgIpc) is 3.29. The van der Waals surface area contributed by atoms with E-state index in [9.17, 15) is 9.59 Å². The van der Waals surface area contributed by atoms with Gasteiger partial charge < -0.3 is 4.74 Å². The molecule has 0 atom stereocenters. The summed E-state index contributed by atoms with van der Waals surface area (Å²) in [5, 5.41) is 8.70. The van der Waals surface area contributed by atoms with E-state index >= 15 is 0 Å². The van der Waals surface area contributed by atoms with Gasteiger partial charge in [0.2, 0.25) is 0 Å². The van der Waals surface area contributed by atoms with Crippen LogP contribution >= 0.6 is 22.9 Å². The Morgan fingerprint density at radius 1 is 1.22 bits per heavy atom. The number of nitrogens with zero attached hydrogens (tertiary/aromatic N) is 3. The van der Waals surface area contributed by atoms with Crippen molar-refractivity contribution in [1.82, 2.24) is 14.6 Å². The normalized spacial score (nSPS) is 10.8. The molecule has 0 aliphatic heterocycles. The second-order valence-electron chi connectivity index (χ2n) is 6.13. The standard InChI is InChI=1S/C18H18N4O3S2/c1-10(2)12-4-6-13(7-5-12)14-9-26-18(19-14)20-15(23)8-25-17(24)16-11(3)21-22-27-16/h4-7,9-10H,8H2,1-3H3,(H,19,20,23). The lowest BCUT2D eigenvalue weighted by molar-refractivity contribution is -0.119. The number of aryl methyl sites for hydroxylation is 1. The number of thiazole rings is 1.